The average Bonchev–Trinajstić information content (AvgIpc) is 3.03. The number of carbonyl (C=O) groups is 2. The third-order valence-electron chi connectivity index (χ3n) is 3.45. The summed E-state index contributed by atoms with van der Waals surface area (Å²) in [5, 5.41) is 5.94. The van der Waals surface area contributed by atoms with Gasteiger partial charge in [-0.1, -0.05) is 11.6 Å². The molecule has 6 nitrogen and oxygen atoms in total. The molecule has 0 aliphatic carbocycles. The molecule has 0 unspecified atom stereocenters. The minimum absolute atomic E-state index is 0.0919. The first-order chi connectivity index (χ1) is 11.5. The van der Waals surface area contributed by atoms with Gasteiger partial charge in [0, 0.05) is 24.7 Å². The maximum absolute atomic E-state index is 12.0. The summed E-state index contributed by atoms with van der Waals surface area (Å²) in [5.41, 5.74) is 0.923. The van der Waals surface area contributed by atoms with E-state index in [-0.39, 0.29) is 24.9 Å². The number of halogens is 1. The third kappa shape index (κ3) is 5.11. The van der Waals surface area contributed by atoms with Crippen molar-refractivity contribution in [3.63, 3.8) is 0 Å². The van der Waals surface area contributed by atoms with Crippen molar-refractivity contribution in [3.8, 4) is 11.3 Å². The molecule has 0 fully saturated rings. The van der Waals surface area contributed by atoms with Gasteiger partial charge in [-0.2, -0.15) is 0 Å². The van der Waals surface area contributed by atoms with Gasteiger partial charge in [0.05, 0.1) is 19.6 Å². The van der Waals surface area contributed by atoms with Crippen molar-refractivity contribution < 1.29 is 14.0 Å². The first-order valence-electron chi connectivity index (χ1n) is 7.49. The normalized spacial score (nSPS) is 10.5. The van der Waals surface area contributed by atoms with Crippen molar-refractivity contribution in [2.75, 3.05) is 27.2 Å². The van der Waals surface area contributed by atoms with Gasteiger partial charge in [0.15, 0.2) is 0 Å². The Kier molecular flexibility index (Phi) is 6.40. The zero-order valence-electron chi connectivity index (χ0n) is 13.6. The topological polar surface area (TPSA) is 74.6 Å². The Balaban J connectivity index is 1.88. The number of benzene rings is 1. The van der Waals surface area contributed by atoms with Crippen molar-refractivity contribution in [2.24, 2.45) is 0 Å². The number of nitrogens with one attached hydrogen (secondary N) is 2. The summed E-state index contributed by atoms with van der Waals surface area (Å²) in [6.07, 6.45) is 0. The number of amides is 2. The molecule has 0 saturated heterocycles. The second kappa shape index (κ2) is 8.52. The molecule has 0 aliphatic rings. The molecule has 2 aromatic rings. The summed E-state index contributed by atoms with van der Waals surface area (Å²) >= 11 is 5.87. The summed E-state index contributed by atoms with van der Waals surface area (Å²) in [5.74, 6) is 1.12. The van der Waals surface area contributed by atoms with Crippen LogP contribution in [0.15, 0.2) is 40.8 Å². The Morgan fingerprint density at radius 1 is 1.12 bits per heavy atom. The fourth-order valence-corrected chi connectivity index (χ4v) is 2.19. The predicted octanol–water partition coefficient (Wildman–Crippen LogP) is 1.89. The molecule has 24 heavy (non-hydrogen) atoms. The molecule has 0 spiro atoms. The molecule has 1 aromatic heterocycles. The molecule has 1 aromatic carbocycles. The standard InChI is InChI=1S/C17H20ClN3O3/c1-19-16(22)9-20-10-17(23)21(2)11-14-7-8-15(24-14)12-3-5-13(18)6-4-12/h3-8,20H,9-11H2,1-2H3,(H,19,22). The first-order valence-corrected chi connectivity index (χ1v) is 7.87. The second-order valence-corrected chi connectivity index (χ2v) is 5.74. The van der Waals surface area contributed by atoms with Crippen LogP contribution >= 0.6 is 11.6 Å². The van der Waals surface area contributed by atoms with Crippen molar-refractivity contribution in [1.29, 1.82) is 0 Å². The molecule has 2 amide bonds. The lowest BCUT2D eigenvalue weighted by molar-refractivity contribution is -0.129. The number of hydrogen-bond acceptors (Lipinski definition) is 4. The SMILES string of the molecule is CNC(=O)CNCC(=O)N(C)Cc1ccc(-c2ccc(Cl)cc2)o1. The monoisotopic (exact) mass is 349 g/mol. The third-order valence-corrected chi connectivity index (χ3v) is 3.70. The van der Waals surface area contributed by atoms with Crippen LogP contribution in [0.1, 0.15) is 5.76 Å². The van der Waals surface area contributed by atoms with Crippen LogP contribution in [0.4, 0.5) is 0 Å². The molecule has 0 atom stereocenters. The molecule has 0 bridgehead atoms. The minimum Gasteiger partial charge on any atom is -0.459 e. The van der Waals surface area contributed by atoms with Gasteiger partial charge in [0.2, 0.25) is 11.8 Å². The van der Waals surface area contributed by atoms with Gasteiger partial charge in [-0.3, -0.25) is 14.9 Å². The molecular formula is C17H20ClN3O3. The summed E-state index contributed by atoms with van der Waals surface area (Å²) in [4.78, 5) is 24.6. The van der Waals surface area contributed by atoms with Crippen LogP contribution in [0, 0.1) is 0 Å². The van der Waals surface area contributed by atoms with Gasteiger partial charge in [-0.15, -0.1) is 0 Å². The van der Waals surface area contributed by atoms with Crippen LogP contribution in [0.5, 0.6) is 0 Å². The highest BCUT2D eigenvalue weighted by molar-refractivity contribution is 6.30. The molecule has 128 valence electrons. The van der Waals surface area contributed by atoms with E-state index in [9.17, 15) is 9.59 Å². The maximum atomic E-state index is 12.0. The molecule has 0 radical (unpaired) electrons. The van der Waals surface area contributed by atoms with Crippen molar-refractivity contribution in [3.05, 3.63) is 47.2 Å². The van der Waals surface area contributed by atoms with Crippen molar-refractivity contribution in [1.82, 2.24) is 15.5 Å². The molecule has 0 aliphatic heterocycles. The van der Waals surface area contributed by atoms with Crippen LogP contribution in [0.2, 0.25) is 5.02 Å². The van der Waals surface area contributed by atoms with Gasteiger partial charge >= 0.3 is 0 Å². The fourth-order valence-electron chi connectivity index (χ4n) is 2.06. The summed E-state index contributed by atoms with van der Waals surface area (Å²) in [6, 6.07) is 11.1. The number of likely N-dealkylation sites (N-methyl/N-ethyl adjacent to an activating group) is 2. The highest BCUT2D eigenvalue weighted by atomic mass is 35.5. The Morgan fingerprint density at radius 3 is 2.50 bits per heavy atom. The van der Waals surface area contributed by atoms with Crippen LogP contribution in [-0.2, 0) is 16.1 Å². The Bertz CT molecular complexity index is 697. The van der Waals surface area contributed by atoms with Gasteiger partial charge in [-0.25, -0.2) is 0 Å². The van der Waals surface area contributed by atoms with E-state index in [1.807, 2.05) is 24.3 Å². The van der Waals surface area contributed by atoms with E-state index in [1.165, 1.54) is 0 Å². The largest absolute Gasteiger partial charge is 0.459 e. The Hall–Kier alpha value is -2.31. The van der Waals surface area contributed by atoms with Crippen LogP contribution in [-0.4, -0.2) is 43.9 Å². The fraction of sp³-hybridized carbons (Fsp3) is 0.294. The van der Waals surface area contributed by atoms with E-state index in [2.05, 4.69) is 10.6 Å². The Labute approximate surface area is 145 Å². The van der Waals surface area contributed by atoms with Gasteiger partial charge < -0.3 is 14.6 Å². The first kappa shape index (κ1) is 18.0. The van der Waals surface area contributed by atoms with Gasteiger partial charge in [-0.05, 0) is 36.4 Å². The quantitative estimate of drug-likeness (QED) is 0.800. The molecule has 2 N–H and O–H groups in total. The van der Waals surface area contributed by atoms with E-state index >= 15 is 0 Å². The van der Waals surface area contributed by atoms with Crippen LogP contribution in [0.3, 0.4) is 0 Å². The molecule has 7 heteroatoms. The highest BCUT2D eigenvalue weighted by Gasteiger charge is 2.12. The van der Waals surface area contributed by atoms with Crippen LogP contribution in [0.25, 0.3) is 11.3 Å². The summed E-state index contributed by atoms with van der Waals surface area (Å²) in [6.45, 7) is 0.556. The molecule has 0 saturated carbocycles. The number of rotatable bonds is 7. The minimum atomic E-state index is -0.163. The summed E-state index contributed by atoms with van der Waals surface area (Å²) < 4.78 is 5.77. The maximum Gasteiger partial charge on any atom is 0.236 e. The van der Waals surface area contributed by atoms with Crippen LogP contribution < -0.4 is 10.6 Å². The van der Waals surface area contributed by atoms with E-state index in [0.29, 0.717) is 17.3 Å². The predicted molar refractivity (Wildman–Crippen MR) is 92.6 cm³/mol. The molecule has 1 heterocycles. The van der Waals surface area contributed by atoms with Crippen molar-refractivity contribution >= 4 is 23.4 Å². The second-order valence-electron chi connectivity index (χ2n) is 5.30. The Morgan fingerprint density at radius 2 is 1.83 bits per heavy atom. The number of hydrogen-bond donors (Lipinski definition) is 2. The summed E-state index contributed by atoms with van der Waals surface area (Å²) in [7, 11) is 3.24. The number of nitrogens with zero attached hydrogens (tertiary/aromatic N) is 1. The van der Waals surface area contributed by atoms with E-state index in [1.54, 1.807) is 31.1 Å². The zero-order valence-corrected chi connectivity index (χ0v) is 14.4. The van der Waals surface area contributed by atoms with Gasteiger partial charge in [0.1, 0.15) is 11.5 Å². The van der Waals surface area contributed by atoms with E-state index in [4.69, 9.17) is 16.0 Å². The number of furan rings is 1. The van der Waals surface area contributed by atoms with E-state index in [0.717, 1.165) is 11.3 Å². The lowest BCUT2D eigenvalue weighted by Gasteiger charge is -2.16. The highest BCUT2D eigenvalue weighted by Crippen LogP contribution is 2.24. The van der Waals surface area contributed by atoms with Crippen molar-refractivity contribution in [2.45, 2.75) is 6.54 Å². The average molecular weight is 350 g/mol. The number of carbonyl (C=O) groups excluding carboxylic acids is 2. The molecule has 2 rings (SSSR count). The van der Waals surface area contributed by atoms with E-state index < -0.39 is 0 Å². The molecular weight excluding hydrogens is 330 g/mol. The van der Waals surface area contributed by atoms with Gasteiger partial charge in [0.25, 0.3) is 0 Å². The lowest BCUT2D eigenvalue weighted by Crippen LogP contribution is -2.39. The smallest absolute Gasteiger partial charge is 0.236 e. The zero-order chi connectivity index (χ0) is 17.5. The lowest BCUT2D eigenvalue weighted by atomic mass is 10.2.